The molecule has 4 aromatic rings. The lowest BCUT2D eigenvalue weighted by molar-refractivity contribution is 0.0520. The molecule has 3 aromatic heterocycles. The largest absolute Gasteiger partial charge is 0.467 e. The third kappa shape index (κ3) is 3.26. The number of furan rings is 1. The Labute approximate surface area is 160 Å². The molecule has 0 fully saturated rings. The molecule has 0 aliphatic heterocycles. The summed E-state index contributed by atoms with van der Waals surface area (Å²) < 4.78 is 12.2. The van der Waals surface area contributed by atoms with Gasteiger partial charge in [-0.2, -0.15) is 5.26 Å². The number of nitrogens with one attached hydrogen (secondary N) is 1. The van der Waals surface area contributed by atoms with E-state index in [2.05, 4.69) is 16.4 Å². The summed E-state index contributed by atoms with van der Waals surface area (Å²) in [5.41, 5.74) is 2.95. The highest BCUT2D eigenvalue weighted by atomic mass is 16.5. The Bertz CT molecular complexity index is 1170. The van der Waals surface area contributed by atoms with Crippen LogP contribution < -0.4 is 5.32 Å². The molecule has 8 heteroatoms. The van der Waals surface area contributed by atoms with Crippen molar-refractivity contribution in [1.82, 2.24) is 9.38 Å². The molecule has 0 saturated heterocycles. The van der Waals surface area contributed by atoms with Crippen LogP contribution in [0.15, 0.2) is 53.3 Å². The SMILES string of the molecule is CCOC(=O)c1cn2c(ccc3c(NCc4ccco4)c(C#N)ccc32)n1.O. The maximum Gasteiger partial charge on any atom is 0.358 e. The van der Waals surface area contributed by atoms with Crippen LogP contribution in [0.1, 0.15) is 28.7 Å². The number of rotatable bonds is 5. The standard InChI is InChI=1S/C20H16N4O3.H2O/c1-2-26-20(25)16-12-24-17-7-5-13(10-21)19(15(17)6-8-18(24)23-16)22-11-14-4-3-9-27-14;/h3-9,12,22H,2,11H2,1H3;1H2. The Kier molecular flexibility index (Phi) is 5.29. The number of benzene rings is 1. The van der Waals surface area contributed by atoms with Gasteiger partial charge in [0.2, 0.25) is 0 Å². The van der Waals surface area contributed by atoms with Gasteiger partial charge in [0.25, 0.3) is 0 Å². The maximum atomic E-state index is 12.0. The zero-order valence-electron chi connectivity index (χ0n) is 15.1. The quantitative estimate of drug-likeness (QED) is 0.532. The third-order valence-corrected chi connectivity index (χ3v) is 4.24. The Balaban J connectivity index is 0.00000225. The number of aromatic nitrogens is 2. The molecule has 0 saturated carbocycles. The van der Waals surface area contributed by atoms with Crippen LogP contribution in [0.3, 0.4) is 0 Å². The van der Waals surface area contributed by atoms with Crippen molar-refractivity contribution in [1.29, 1.82) is 5.26 Å². The predicted octanol–water partition coefficient (Wildman–Crippen LogP) is 2.92. The lowest BCUT2D eigenvalue weighted by atomic mass is 10.1. The fourth-order valence-corrected chi connectivity index (χ4v) is 3.03. The number of fused-ring (bicyclic) bond motifs is 3. The number of nitrogens with zero attached hydrogens (tertiary/aromatic N) is 3. The number of hydrogen-bond acceptors (Lipinski definition) is 6. The molecule has 0 aliphatic rings. The average molecular weight is 378 g/mol. The van der Waals surface area contributed by atoms with E-state index in [1.165, 1.54) is 0 Å². The first-order chi connectivity index (χ1) is 13.2. The van der Waals surface area contributed by atoms with Crippen molar-refractivity contribution in [2.75, 3.05) is 11.9 Å². The number of esters is 1. The van der Waals surface area contributed by atoms with E-state index >= 15 is 0 Å². The molecule has 142 valence electrons. The molecule has 0 unspecified atom stereocenters. The summed E-state index contributed by atoms with van der Waals surface area (Å²) in [6, 6.07) is 13.2. The fourth-order valence-electron chi connectivity index (χ4n) is 3.03. The molecule has 0 bridgehead atoms. The number of imidazole rings is 1. The lowest BCUT2D eigenvalue weighted by Crippen LogP contribution is -2.04. The van der Waals surface area contributed by atoms with Gasteiger partial charge in [0.1, 0.15) is 17.5 Å². The summed E-state index contributed by atoms with van der Waals surface area (Å²) in [5, 5.41) is 13.6. The molecule has 28 heavy (non-hydrogen) atoms. The summed E-state index contributed by atoms with van der Waals surface area (Å²) in [4.78, 5) is 16.3. The molecular formula is C20H18N4O4. The van der Waals surface area contributed by atoms with Crippen molar-refractivity contribution in [2.24, 2.45) is 0 Å². The summed E-state index contributed by atoms with van der Waals surface area (Å²) in [7, 11) is 0. The number of anilines is 1. The Morgan fingerprint density at radius 1 is 1.32 bits per heavy atom. The highest BCUT2D eigenvalue weighted by Crippen LogP contribution is 2.29. The molecule has 3 heterocycles. The van der Waals surface area contributed by atoms with Crippen molar-refractivity contribution in [3.63, 3.8) is 0 Å². The third-order valence-electron chi connectivity index (χ3n) is 4.24. The van der Waals surface area contributed by atoms with Gasteiger partial charge in [-0.3, -0.25) is 4.40 Å². The van der Waals surface area contributed by atoms with Gasteiger partial charge in [-0.05, 0) is 43.3 Å². The Hall–Kier alpha value is -3.83. The second kappa shape index (κ2) is 7.82. The van der Waals surface area contributed by atoms with Crippen LogP contribution in [-0.4, -0.2) is 27.4 Å². The van der Waals surface area contributed by atoms with Crippen LogP contribution in [0.2, 0.25) is 0 Å². The first-order valence-electron chi connectivity index (χ1n) is 8.49. The Morgan fingerprint density at radius 3 is 2.89 bits per heavy atom. The van der Waals surface area contributed by atoms with E-state index < -0.39 is 5.97 Å². The number of hydrogen-bond donors (Lipinski definition) is 1. The van der Waals surface area contributed by atoms with Crippen LogP contribution in [0, 0.1) is 11.3 Å². The van der Waals surface area contributed by atoms with Gasteiger partial charge in [-0.1, -0.05) is 0 Å². The van der Waals surface area contributed by atoms with Crippen LogP contribution in [0.4, 0.5) is 5.69 Å². The fraction of sp³-hybridized carbons (Fsp3) is 0.150. The van der Waals surface area contributed by atoms with E-state index in [9.17, 15) is 10.1 Å². The summed E-state index contributed by atoms with van der Waals surface area (Å²) in [6.07, 6.45) is 3.26. The molecule has 4 rings (SSSR count). The first kappa shape index (κ1) is 18.9. The summed E-state index contributed by atoms with van der Waals surface area (Å²) >= 11 is 0. The topological polar surface area (TPSA) is 124 Å². The van der Waals surface area contributed by atoms with Gasteiger partial charge >= 0.3 is 5.97 Å². The molecule has 3 N–H and O–H groups in total. The van der Waals surface area contributed by atoms with Crippen molar-refractivity contribution in [3.8, 4) is 6.07 Å². The first-order valence-corrected chi connectivity index (χ1v) is 8.49. The molecule has 0 spiro atoms. The van der Waals surface area contributed by atoms with Crippen LogP contribution in [0.25, 0.3) is 16.6 Å². The van der Waals surface area contributed by atoms with Crippen LogP contribution in [0.5, 0.6) is 0 Å². The van der Waals surface area contributed by atoms with E-state index in [1.54, 1.807) is 25.5 Å². The van der Waals surface area contributed by atoms with Gasteiger partial charge in [0, 0.05) is 11.6 Å². The van der Waals surface area contributed by atoms with Crippen LogP contribution in [-0.2, 0) is 11.3 Å². The van der Waals surface area contributed by atoms with Crippen molar-refractivity contribution in [3.05, 3.63) is 65.9 Å². The molecular weight excluding hydrogens is 360 g/mol. The second-order valence-corrected chi connectivity index (χ2v) is 5.87. The van der Waals surface area contributed by atoms with E-state index in [0.717, 1.165) is 16.7 Å². The van der Waals surface area contributed by atoms with E-state index in [0.29, 0.717) is 30.0 Å². The number of nitriles is 1. The summed E-state index contributed by atoms with van der Waals surface area (Å²) in [5.74, 6) is 0.309. The normalized spacial score (nSPS) is 10.4. The predicted molar refractivity (Wildman–Crippen MR) is 103 cm³/mol. The van der Waals surface area contributed by atoms with Crippen molar-refractivity contribution >= 4 is 28.2 Å². The molecule has 0 radical (unpaired) electrons. The smallest absolute Gasteiger partial charge is 0.358 e. The number of ether oxygens (including phenoxy) is 1. The van der Waals surface area contributed by atoms with Crippen molar-refractivity contribution in [2.45, 2.75) is 13.5 Å². The van der Waals surface area contributed by atoms with Crippen LogP contribution >= 0.6 is 0 Å². The number of carbonyl (C=O) groups is 1. The van der Waals surface area contributed by atoms with Gasteiger partial charge in [-0.25, -0.2) is 9.78 Å². The van der Waals surface area contributed by atoms with Gasteiger partial charge in [0.05, 0.1) is 36.2 Å². The second-order valence-electron chi connectivity index (χ2n) is 5.87. The highest BCUT2D eigenvalue weighted by molar-refractivity contribution is 5.97. The maximum absolute atomic E-state index is 12.0. The average Bonchev–Trinajstić information content (AvgIpc) is 3.35. The molecule has 1 aromatic carbocycles. The zero-order valence-corrected chi connectivity index (χ0v) is 15.1. The zero-order chi connectivity index (χ0) is 18.8. The highest BCUT2D eigenvalue weighted by Gasteiger charge is 2.15. The van der Waals surface area contributed by atoms with E-state index in [4.69, 9.17) is 9.15 Å². The van der Waals surface area contributed by atoms with Crippen molar-refractivity contribution < 1.29 is 19.4 Å². The van der Waals surface area contributed by atoms with E-state index in [-0.39, 0.29) is 11.2 Å². The van der Waals surface area contributed by atoms with E-state index in [1.807, 2.05) is 34.7 Å². The number of carbonyl (C=O) groups excluding carboxylic acids is 1. The molecule has 0 aliphatic carbocycles. The van der Waals surface area contributed by atoms with Gasteiger partial charge < -0.3 is 19.9 Å². The Morgan fingerprint density at radius 2 is 2.18 bits per heavy atom. The minimum absolute atomic E-state index is 0. The molecule has 0 atom stereocenters. The number of pyridine rings is 1. The lowest BCUT2D eigenvalue weighted by Gasteiger charge is -2.12. The monoisotopic (exact) mass is 378 g/mol. The van der Waals surface area contributed by atoms with Gasteiger partial charge in [-0.15, -0.1) is 0 Å². The molecule has 0 amide bonds. The molecule has 8 nitrogen and oxygen atoms in total. The minimum atomic E-state index is -0.459. The van der Waals surface area contributed by atoms with Gasteiger partial charge in [0.15, 0.2) is 5.69 Å². The minimum Gasteiger partial charge on any atom is -0.467 e. The summed E-state index contributed by atoms with van der Waals surface area (Å²) in [6.45, 7) is 2.50.